The maximum Gasteiger partial charge on any atom is 0.161 e. The minimum absolute atomic E-state index is 0.579. The lowest BCUT2D eigenvalue weighted by molar-refractivity contribution is 0.279. The van der Waals surface area contributed by atoms with Crippen LogP contribution >= 0.6 is 0 Å². The molecular weight excluding hydrogens is 240 g/mol. The van der Waals surface area contributed by atoms with Crippen LogP contribution in [0.2, 0.25) is 0 Å². The van der Waals surface area contributed by atoms with Crippen molar-refractivity contribution in [1.82, 2.24) is 9.55 Å². The van der Waals surface area contributed by atoms with E-state index in [-0.39, 0.29) is 0 Å². The van der Waals surface area contributed by atoms with Crippen LogP contribution in [0.1, 0.15) is 12.5 Å². The normalized spacial score (nSPS) is 10.8. The molecular formula is C15H18N2O2. The summed E-state index contributed by atoms with van der Waals surface area (Å²) < 4.78 is 13.1. The lowest BCUT2D eigenvalue weighted by atomic mass is 10.2. The fourth-order valence-electron chi connectivity index (χ4n) is 1.78. The van der Waals surface area contributed by atoms with Gasteiger partial charge in [0.1, 0.15) is 6.61 Å². The van der Waals surface area contributed by atoms with Gasteiger partial charge in [0.2, 0.25) is 0 Å². The van der Waals surface area contributed by atoms with E-state index in [4.69, 9.17) is 9.47 Å². The standard InChI is InChI=1S/C15H18N2O2/c1-3-4-13-5-6-14(15(11-13)18-2)19-10-9-17-8-7-16-12-17/h3-8,11-12H,9-10H2,1-2H3. The fraction of sp³-hybridized carbons (Fsp3) is 0.267. The SMILES string of the molecule is CC=Cc1ccc(OCCn2ccnc2)c(OC)c1. The summed E-state index contributed by atoms with van der Waals surface area (Å²) in [6.07, 6.45) is 9.46. The van der Waals surface area contributed by atoms with E-state index in [1.54, 1.807) is 19.6 Å². The Hall–Kier alpha value is -2.23. The van der Waals surface area contributed by atoms with E-state index in [0.717, 1.165) is 23.6 Å². The third kappa shape index (κ3) is 3.61. The zero-order valence-electron chi connectivity index (χ0n) is 11.2. The number of benzene rings is 1. The molecule has 0 aliphatic carbocycles. The molecule has 0 bridgehead atoms. The van der Waals surface area contributed by atoms with Gasteiger partial charge in [-0.1, -0.05) is 18.2 Å². The third-order valence-electron chi connectivity index (χ3n) is 2.71. The molecule has 0 spiro atoms. The number of nitrogens with zero attached hydrogens (tertiary/aromatic N) is 2. The number of imidazole rings is 1. The fourth-order valence-corrected chi connectivity index (χ4v) is 1.78. The van der Waals surface area contributed by atoms with Crippen molar-refractivity contribution in [3.8, 4) is 11.5 Å². The number of ether oxygens (including phenoxy) is 2. The van der Waals surface area contributed by atoms with Gasteiger partial charge in [-0.2, -0.15) is 0 Å². The Morgan fingerprint density at radius 3 is 2.89 bits per heavy atom. The minimum atomic E-state index is 0.579. The van der Waals surface area contributed by atoms with Crippen LogP contribution in [0.25, 0.3) is 6.08 Å². The molecule has 4 nitrogen and oxygen atoms in total. The number of allylic oxidation sites excluding steroid dienone is 1. The smallest absolute Gasteiger partial charge is 0.161 e. The van der Waals surface area contributed by atoms with E-state index in [1.165, 1.54) is 0 Å². The highest BCUT2D eigenvalue weighted by molar-refractivity contribution is 5.55. The van der Waals surface area contributed by atoms with Crippen molar-refractivity contribution in [2.45, 2.75) is 13.5 Å². The Morgan fingerprint density at radius 1 is 1.32 bits per heavy atom. The maximum absolute atomic E-state index is 5.74. The molecule has 0 aliphatic heterocycles. The zero-order valence-corrected chi connectivity index (χ0v) is 11.2. The quantitative estimate of drug-likeness (QED) is 0.799. The Bertz CT molecular complexity index is 533. The molecule has 0 saturated heterocycles. The van der Waals surface area contributed by atoms with Crippen LogP contribution < -0.4 is 9.47 Å². The first kappa shape index (κ1) is 13.2. The Kier molecular flexibility index (Phi) is 4.61. The van der Waals surface area contributed by atoms with Gasteiger partial charge in [-0.15, -0.1) is 0 Å². The number of aromatic nitrogens is 2. The third-order valence-corrected chi connectivity index (χ3v) is 2.71. The molecule has 1 heterocycles. The Morgan fingerprint density at radius 2 is 2.21 bits per heavy atom. The monoisotopic (exact) mass is 258 g/mol. The predicted molar refractivity (Wildman–Crippen MR) is 75.4 cm³/mol. The van der Waals surface area contributed by atoms with E-state index < -0.39 is 0 Å². The molecule has 0 radical (unpaired) electrons. The van der Waals surface area contributed by atoms with E-state index in [0.29, 0.717) is 6.61 Å². The molecule has 0 unspecified atom stereocenters. The Labute approximate surface area is 113 Å². The Balaban J connectivity index is 1.99. The van der Waals surface area contributed by atoms with Crippen LogP contribution in [-0.4, -0.2) is 23.3 Å². The van der Waals surface area contributed by atoms with Gasteiger partial charge in [0.15, 0.2) is 11.5 Å². The molecule has 100 valence electrons. The molecule has 4 heteroatoms. The summed E-state index contributed by atoms with van der Waals surface area (Å²) in [5, 5.41) is 0. The summed E-state index contributed by atoms with van der Waals surface area (Å²) in [5.41, 5.74) is 1.10. The number of methoxy groups -OCH3 is 1. The molecule has 2 rings (SSSR count). The molecule has 0 fully saturated rings. The van der Waals surface area contributed by atoms with Crippen LogP contribution in [0.15, 0.2) is 43.0 Å². The van der Waals surface area contributed by atoms with Gasteiger partial charge in [-0.05, 0) is 24.6 Å². The molecule has 1 aromatic carbocycles. The molecule has 1 aromatic heterocycles. The molecule has 2 aromatic rings. The summed E-state index contributed by atoms with van der Waals surface area (Å²) in [4.78, 5) is 3.99. The van der Waals surface area contributed by atoms with Gasteiger partial charge in [0, 0.05) is 12.4 Å². The van der Waals surface area contributed by atoms with Crippen molar-refractivity contribution in [2.24, 2.45) is 0 Å². The summed E-state index contributed by atoms with van der Waals surface area (Å²) in [7, 11) is 1.65. The van der Waals surface area contributed by atoms with Crippen molar-refractivity contribution in [3.05, 3.63) is 48.6 Å². The largest absolute Gasteiger partial charge is 0.493 e. The highest BCUT2D eigenvalue weighted by atomic mass is 16.5. The zero-order chi connectivity index (χ0) is 13.5. The van der Waals surface area contributed by atoms with E-state index >= 15 is 0 Å². The molecule has 0 atom stereocenters. The average Bonchev–Trinajstić information content (AvgIpc) is 2.93. The van der Waals surface area contributed by atoms with Gasteiger partial charge in [-0.25, -0.2) is 4.98 Å². The first-order valence-electron chi connectivity index (χ1n) is 6.22. The van der Waals surface area contributed by atoms with Crippen molar-refractivity contribution >= 4 is 6.08 Å². The highest BCUT2D eigenvalue weighted by Crippen LogP contribution is 2.28. The van der Waals surface area contributed by atoms with Crippen LogP contribution in [0.3, 0.4) is 0 Å². The van der Waals surface area contributed by atoms with Gasteiger partial charge in [0.05, 0.1) is 20.0 Å². The van der Waals surface area contributed by atoms with Crippen LogP contribution in [0.5, 0.6) is 11.5 Å². The van der Waals surface area contributed by atoms with Gasteiger partial charge in [-0.3, -0.25) is 0 Å². The highest BCUT2D eigenvalue weighted by Gasteiger charge is 2.04. The topological polar surface area (TPSA) is 36.3 Å². The van der Waals surface area contributed by atoms with E-state index in [2.05, 4.69) is 4.98 Å². The maximum atomic E-state index is 5.74. The number of hydrogen-bond donors (Lipinski definition) is 0. The second kappa shape index (κ2) is 6.64. The second-order valence-electron chi connectivity index (χ2n) is 4.06. The molecule has 0 aliphatic rings. The number of hydrogen-bond acceptors (Lipinski definition) is 3. The van der Waals surface area contributed by atoms with E-state index in [9.17, 15) is 0 Å². The van der Waals surface area contributed by atoms with Gasteiger partial charge >= 0.3 is 0 Å². The molecule has 0 N–H and O–H groups in total. The molecule has 0 amide bonds. The van der Waals surface area contributed by atoms with Crippen molar-refractivity contribution in [3.63, 3.8) is 0 Å². The molecule has 19 heavy (non-hydrogen) atoms. The summed E-state index contributed by atoms with van der Waals surface area (Å²) in [6, 6.07) is 5.91. The second-order valence-corrected chi connectivity index (χ2v) is 4.06. The lowest BCUT2D eigenvalue weighted by Crippen LogP contribution is -2.07. The van der Waals surface area contributed by atoms with E-state index in [1.807, 2.05) is 48.0 Å². The number of rotatable bonds is 6. The summed E-state index contributed by atoms with van der Waals surface area (Å²) in [6.45, 7) is 3.33. The van der Waals surface area contributed by atoms with Crippen molar-refractivity contribution in [1.29, 1.82) is 0 Å². The van der Waals surface area contributed by atoms with Crippen LogP contribution in [0, 0.1) is 0 Å². The summed E-state index contributed by atoms with van der Waals surface area (Å²) in [5.74, 6) is 1.51. The van der Waals surface area contributed by atoms with Crippen LogP contribution in [-0.2, 0) is 6.54 Å². The predicted octanol–water partition coefficient (Wildman–Crippen LogP) is 3.00. The molecule has 0 saturated carbocycles. The first-order chi connectivity index (χ1) is 9.33. The first-order valence-corrected chi connectivity index (χ1v) is 6.22. The summed E-state index contributed by atoms with van der Waals surface area (Å²) >= 11 is 0. The van der Waals surface area contributed by atoms with Crippen molar-refractivity contribution < 1.29 is 9.47 Å². The average molecular weight is 258 g/mol. The van der Waals surface area contributed by atoms with Gasteiger partial charge < -0.3 is 14.0 Å². The lowest BCUT2D eigenvalue weighted by Gasteiger charge is -2.11. The van der Waals surface area contributed by atoms with Gasteiger partial charge in [0.25, 0.3) is 0 Å². The van der Waals surface area contributed by atoms with Crippen molar-refractivity contribution in [2.75, 3.05) is 13.7 Å². The van der Waals surface area contributed by atoms with Crippen LogP contribution in [0.4, 0.5) is 0 Å². The minimum Gasteiger partial charge on any atom is -0.493 e.